The maximum absolute atomic E-state index is 11.0. The van der Waals surface area contributed by atoms with E-state index in [1.165, 1.54) is 0 Å². The normalized spacial score (nSPS) is 14.4. The molecule has 0 saturated carbocycles. The van der Waals surface area contributed by atoms with Gasteiger partial charge in [0.15, 0.2) is 0 Å². The van der Waals surface area contributed by atoms with Crippen LogP contribution in [0.3, 0.4) is 0 Å². The van der Waals surface area contributed by atoms with Gasteiger partial charge < -0.3 is 5.73 Å². The smallest absolute Gasteiger partial charge is 0.234 e. The number of hydrogen-bond donors (Lipinski definition) is 2. The summed E-state index contributed by atoms with van der Waals surface area (Å²) < 4.78 is 0. The van der Waals surface area contributed by atoms with Crippen LogP contribution >= 0.6 is 11.6 Å². The van der Waals surface area contributed by atoms with Gasteiger partial charge in [-0.1, -0.05) is 30.7 Å². The summed E-state index contributed by atoms with van der Waals surface area (Å²) in [7, 11) is 0. The van der Waals surface area contributed by atoms with Gasteiger partial charge in [-0.15, -0.1) is 0 Å². The molecule has 0 fully saturated rings. The molecule has 2 atom stereocenters. The monoisotopic (exact) mass is 240 g/mol. The molecule has 3 N–H and O–H groups in total. The van der Waals surface area contributed by atoms with Crippen LogP contribution in [0.15, 0.2) is 24.3 Å². The zero-order chi connectivity index (χ0) is 12.1. The molecule has 0 heterocycles. The van der Waals surface area contributed by atoms with E-state index in [0.29, 0.717) is 5.02 Å². The van der Waals surface area contributed by atoms with Crippen molar-refractivity contribution in [2.24, 2.45) is 5.73 Å². The second kappa shape index (κ2) is 5.87. The number of nitrogens with one attached hydrogen (secondary N) is 1. The molecule has 0 aliphatic rings. The lowest BCUT2D eigenvalue weighted by Crippen LogP contribution is -2.40. The van der Waals surface area contributed by atoms with Crippen molar-refractivity contribution in [2.75, 3.05) is 0 Å². The van der Waals surface area contributed by atoms with Crippen molar-refractivity contribution in [3.8, 4) is 0 Å². The lowest BCUT2D eigenvalue weighted by Gasteiger charge is -2.20. The zero-order valence-corrected chi connectivity index (χ0v) is 10.3. The van der Waals surface area contributed by atoms with Crippen LogP contribution in [0.25, 0.3) is 0 Å². The van der Waals surface area contributed by atoms with Gasteiger partial charge in [-0.2, -0.15) is 0 Å². The van der Waals surface area contributed by atoms with Gasteiger partial charge in [-0.25, -0.2) is 0 Å². The van der Waals surface area contributed by atoms with Crippen molar-refractivity contribution in [3.05, 3.63) is 34.9 Å². The Balaban J connectivity index is 2.78. The van der Waals surface area contributed by atoms with Crippen LogP contribution in [0.1, 0.15) is 31.9 Å². The molecule has 2 unspecified atom stereocenters. The van der Waals surface area contributed by atoms with Crippen LogP contribution in [0.2, 0.25) is 5.02 Å². The fourth-order valence-electron chi connectivity index (χ4n) is 1.56. The van der Waals surface area contributed by atoms with Crippen molar-refractivity contribution in [2.45, 2.75) is 32.4 Å². The molecule has 0 spiro atoms. The summed E-state index contributed by atoms with van der Waals surface area (Å²) in [4.78, 5) is 11.0. The number of carbonyl (C=O) groups excluding carboxylic acids is 1. The highest BCUT2D eigenvalue weighted by Gasteiger charge is 2.15. The van der Waals surface area contributed by atoms with Crippen LogP contribution in [0.5, 0.6) is 0 Å². The predicted octanol–water partition coefficient (Wildman–Crippen LogP) is 2.25. The molecule has 1 rings (SSSR count). The molecule has 88 valence electrons. The Bertz CT molecular complexity index is 368. The lowest BCUT2D eigenvalue weighted by molar-refractivity contribution is -0.119. The van der Waals surface area contributed by atoms with E-state index in [-0.39, 0.29) is 18.0 Å². The topological polar surface area (TPSA) is 55.1 Å². The first-order valence-corrected chi connectivity index (χ1v) is 5.73. The summed E-state index contributed by atoms with van der Waals surface area (Å²) in [5.41, 5.74) is 6.29. The molecule has 16 heavy (non-hydrogen) atoms. The van der Waals surface area contributed by atoms with Crippen LogP contribution in [0, 0.1) is 0 Å². The van der Waals surface area contributed by atoms with E-state index in [4.69, 9.17) is 17.3 Å². The molecule has 0 aliphatic carbocycles. The van der Waals surface area contributed by atoms with Gasteiger partial charge in [0.05, 0.1) is 6.04 Å². The fourth-order valence-corrected chi connectivity index (χ4v) is 1.76. The molecular weight excluding hydrogens is 224 g/mol. The molecule has 1 amide bonds. The van der Waals surface area contributed by atoms with E-state index in [0.717, 1.165) is 12.0 Å². The fraction of sp³-hybridized carbons (Fsp3) is 0.417. The van der Waals surface area contributed by atoms with Crippen LogP contribution in [-0.4, -0.2) is 11.9 Å². The number of primary amides is 1. The molecule has 1 aromatic carbocycles. The van der Waals surface area contributed by atoms with Crippen LogP contribution in [0.4, 0.5) is 0 Å². The first kappa shape index (κ1) is 13.0. The highest BCUT2D eigenvalue weighted by atomic mass is 35.5. The number of rotatable bonds is 5. The molecule has 0 saturated heterocycles. The quantitative estimate of drug-likeness (QED) is 0.830. The van der Waals surface area contributed by atoms with Crippen molar-refractivity contribution >= 4 is 17.5 Å². The van der Waals surface area contributed by atoms with Crippen molar-refractivity contribution in [1.29, 1.82) is 0 Å². The Morgan fingerprint density at radius 1 is 1.56 bits per heavy atom. The second-order valence-electron chi connectivity index (χ2n) is 3.81. The maximum atomic E-state index is 11.0. The number of halogens is 1. The van der Waals surface area contributed by atoms with Gasteiger partial charge in [0.2, 0.25) is 5.91 Å². The van der Waals surface area contributed by atoms with Crippen molar-refractivity contribution in [1.82, 2.24) is 5.32 Å². The third-order valence-corrected chi connectivity index (χ3v) is 2.77. The number of hydrogen-bond acceptors (Lipinski definition) is 2. The van der Waals surface area contributed by atoms with Gasteiger partial charge >= 0.3 is 0 Å². The minimum absolute atomic E-state index is 0.0983. The molecule has 0 aliphatic heterocycles. The predicted molar refractivity (Wildman–Crippen MR) is 66.3 cm³/mol. The standard InChI is InChI=1S/C12H17ClN2O/c1-3-11(15-8(2)12(14)16)9-5-4-6-10(13)7-9/h4-8,11,15H,3H2,1-2H3,(H2,14,16). The van der Waals surface area contributed by atoms with Gasteiger partial charge in [0.25, 0.3) is 0 Å². The number of carbonyl (C=O) groups is 1. The molecule has 3 nitrogen and oxygen atoms in total. The Morgan fingerprint density at radius 2 is 2.25 bits per heavy atom. The van der Waals surface area contributed by atoms with Gasteiger partial charge in [0.1, 0.15) is 0 Å². The molecular formula is C12H17ClN2O. The number of nitrogens with two attached hydrogens (primary N) is 1. The summed E-state index contributed by atoms with van der Waals surface area (Å²) in [6.07, 6.45) is 0.873. The summed E-state index contributed by atoms with van der Waals surface area (Å²) in [6.45, 7) is 3.81. The first-order chi connectivity index (χ1) is 7.54. The molecule has 0 bridgehead atoms. The van der Waals surface area contributed by atoms with Gasteiger partial charge in [-0.05, 0) is 31.0 Å². The Morgan fingerprint density at radius 3 is 2.75 bits per heavy atom. The third-order valence-electron chi connectivity index (χ3n) is 2.54. The zero-order valence-electron chi connectivity index (χ0n) is 9.53. The third kappa shape index (κ3) is 3.51. The lowest BCUT2D eigenvalue weighted by atomic mass is 10.0. The molecule has 4 heteroatoms. The van der Waals surface area contributed by atoms with Crippen molar-refractivity contribution < 1.29 is 4.79 Å². The van der Waals surface area contributed by atoms with E-state index in [9.17, 15) is 4.79 Å². The van der Waals surface area contributed by atoms with Crippen molar-refractivity contribution in [3.63, 3.8) is 0 Å². The average molecular weight is 241 g/mol. The average Bonchev–Trinajstić information content (AvgIpc) is 2.25. The minimum Gasteiger partial charge on any atom is -0.368 e. The van der Waals surface area contributed by atoms with Gasteiger partial charge in [-0.3, -0.25) is 10.1 Å². The summed E-state index contributed by atoms with van der Waals surface area (Å²) in [6, 6.07) is 7.37. The van der Waals surface area contributed by atoms with Gasteiger partial charge in [0, 0.05) is 11.1 Å². The molecule has 0 aromatic heterocycles. The highest BCUT2D eigenvalue weighted by Crippen LogP contribution is 2.20. The summed E-state index contributed by atoms with van der Waals surface area (Å²) in [5.74, 6) is -0.347. The van der Waals surface area contributed by atoms with Crippen LogP contribution < -0.4 is 11.1 Å². The van der Waals surface area contributed by atoms with E-state index in [1.807, 2.05) is 31.2 Å². The first-order valence-electron chi connectivity index (χ1n) is 5.35. The minimum atomic E-state index is -0.347. The van der Waals surface area contributed by atoms with E-state index < -0.39 is 0 Å². The Kier molecular flexibility index (Phi) is 4.77. The van der Waals surface area contributed by atoms with E-state index in [1.54, 1.807) is 6.92 Å². The summed E-state index contributed by atoms with van der Waals surface area (Å²) in [5, 5.41) is 3.87. The SMILES string of the molecule is CCC(NC(C)C(N)=O)c1cccc(Cl)c1. The van der Waals surface area contributed by atoms with E-state index >= 15 is 0 Å². The summed E-state index contributed by atoms with van der Waals surface area (Å²) >= 11 is 5.93. The maximum Gasteiger partial charge on any atom is 0.234 e. The Labute approximate surface area is 101 Å². The largest absolute Gasteiger partial charge is 0.368 e. The second-order valence-corrected chi connectivity index (χ2v) is 4.24. The van der Waals surface area contributed by atoms with Crippen LogP contribution in [-0.2, 0) is 4.79 Å². The number of benzene rings is 1. The molecule has 0 radical (unpaired) electrons. The molecule has 1 aromatic rings. The highest BCUT2D eigenvalue weighted by molar-refractivity contribution is 6.30. The van der Waals surface area contributed by atoms with E-state index in [2.05, 4.69) is 5.32 Å². The Hall–Kier alpha value is -1.06. The number of amides is 1.